The lowest BCUT2D eigenvalue weighted by Gasteiger charge is -2.18. The molecule has 0 aliphatic rings. The van der Waals surface area contributed by atoms with Gasteiger partial charge in [0.1, 0.15) is 13.2 Å². The van der Waals surface area contributed by atoms with E-state index in [2.05, 4.69) is 81.5 Å². The van der Waals surface area contributed by atoms with E-state index in [0.717, 1.165) is 70.6 Å². The van der Waals surface area contributed by atoms with Crippen LogP contribution < -0.4 is 0 Å². The van der Waals surface area contributed by atoms with Crippen molar-refractivity contribution in [2.24, 2.45) is 0 Å². The van der Waals surface area contributed by atoms with E-state index in [1.165, 1.54) is 276 Å². The number of hydrogen-bond donors (Lipinski definition) is 0. The summed E-state index contributed by atoms with van der Waals surface area (Å²) in [5.41, 5.74) is 0. The molecule has 0 aromatic rings. The Morgan fingerprint density at radius 2 is 0.439 bits per heavy atom. The Balaban J connectivity index is 4.30. The fourth-order valence-corrected chi connectivity index (χ4v) is 10.7. The number of rotatable bonds is 67. The van der Waals surface area contributed by atoms with Crippen LogP contribution in [0.1, 0.15) is 387 Å². The van der Waals surface area contributed by atoms with Gasteiger partial charge in [0.2, 0.25) is 0 Å². The summed E-state index contributed by atoms with van der Waals surface area (Å²) in [4.78, 5) is 38.5. The van der Waals surface area contributed by atoms with E-state index in [9.17, 15) is 14.4 Å². The average Bonchev–Trinajstić information content (AvgIpc) is 3.47. The molecule has 0 radical (unpaired) electrons. The second kappa shape index (κ2) is 70.6. The predicted octanol–water partition coefficient (Wildman–Crippen LogP) is 25.1. The maximum atomic E-state index is 13.0. The lowest BCUT2D eigenvalue weighted by Crippen LogP contribution is -2.30. The highest BCUT2D eigenvalue weighted by molar-refractivity contribution is 5.71. The molecule has 1 atom stereocenters. The SMILES string of the molecule is CCCCC/C=C\C/C=C\CCCCCCCCCCCC(=O)OC(COC(=O)CCCCCCCCC/C=C\CCCCCCCCC)COC(=O)CCCCCCCCCCCCCCCCC/C=C\C/C=C\CCCCCCC. The average molecular weight is 1150 g/mol. The van der Waals surface area contributed by atoms with Crippen molar-refractivity contribution in [2.45, 2.75) is 393 Å². The van der Waals surface area contributed by atoms with Crippen LogP contribution in [0, 0.1) is 0 Å². The minimum atomic E-state index is -0.779. The molecule has 0 amide bonds. The molecule has 0 aliphatic heterocycles. The van der Waals surface area contributed by atoms with Gasteiger partial charge < -0.3 is 14.2 Å². The molecule has 0 fully saturated rings. The van der Waals surface area contributed by atoms with E-state index in [1.54, 1.807) is 0 Å². The van der Waals surface area contributed by atoms with Gasteiger partial charge in [0.15, 0.2) is 6.10 Å². The van der Waals surface area contributed by atoms with Crippen LogP contribution in [0.2, 0.25) is 0 Å². The molecular formula is C76H138O6. The van der Waals surface area contributed by atoms with Crippen LogP contribution in [-0.4, -0.2) is 37.2 Å². The van der Waals surface area contributed by atoms with E-state index in [-0.39, 0.29) is 31.1 Å². The third-order valence-corrected chi connectivity index (χ3v) is 16.2. The number of carbonyl (C=O) groups excluding carboxylic acids is 3. The third kappa shape index (κ3) is 67.9. The smallest absolute Gasteiger partial charge is 0.306 e. The van der Waals surface area contributed by atoms with Crippen molar-refractivity contribution in [1.82, 2.24) is 0 Å². The van der Waals surface area contributed by atoms with Gasteiger partial charge in [-0.15, -0.1) is 0 Å². The van der Waals surface area contributed by atoms with Gasteiger partial charge in [-0.3, -0.25) is 14.4 Å². The fraction of sp³-hybridized carbons (Fsp3) is 0.829. The fourth-order valence-electron chi connectivity index (χ4n) is 10.7. The van der Waals surface area contributed by atoms with Gasteiger partial charge in [0.05, 0.1) is 0 Å². The lowest BCUT2D eigenvalue weighted by atomic mass is 10.0. The van der Waals surface area contributed by atoms with Gasteiger partial charge in [0, 0.05) is 19.3 Å². The Labute approximate surface area is 510 Å². The molecule has 0 N–H and O–H groups in total. The molecule has 6 nitrogen and oxygen atoms in total. The maximum Gasteiger partial charge on any atom is 0.306 e. The van der Waals surface area contributed by atoms with Crippen LogP contribution in [-0.2, 0) is 28.6 Å². The van der Waals surface area contributed by atoms with Crippen molar-refractivity contribution in [3.05, 3.63) is 60.8 Å². The summed E-state index contributed by atoms with van der Waals surface area (Å²) in [6, 6.07) is 0. The van der Waals surface area contributed by atoms with Gasteiger partial charge >= 0.3 is 17.9 Å². The molecule has 0 spiro atoms. The first-order valence-corrected chi connectivity index (χ1v) is 36.3. The number of ether oxygens (including phenoxy) is 3. The van der Waals surface area contributed by atoms with Crippen LogP contribution in [0.5, 0.6) is 0 Å². The standard InChI is InChI=1S/C76H138O6/c1-4-7-10-13-16-19-22-25-28-31-34-35-36-37-38-39-40-41-43-45-48-51-54-57-60-63-66-69-75(78)81-72-73(71-80-74(77)68-65-62-59-56-53-50-47-44-33-30-27-24-21-18-15-12-9-6-3)82-76(79)70-67-64-61-58-55-52-49-46-42-32-29-26-23-20-17-14-11-8-5-2/h17,20,22,25-26,29-31,33-34,73H,4-16,18-19,21,23-24,27-28,32,35-72H2,1-3H3/b20-17-,25-22-,29-26-,33-30-,34-31-. The van der Waals surface area contributed by atoms with Crippen molar-refractivity contribution in [3.8, 4) is 0 Å². The molecule has 0 aliphatic carbocycles. The Morgan fingerprint density at radius 1 is 0.244 bits per heavy atom. The highest BCUT2D eigenvalue weighted by atomic mass is 16.6. The molecule has 0 heterocycles. The molecular weight excluding hydrogens is 1010 g/mol. The normalized spacial score (nSPS) is 12.4. The number of allylic oxidation sites excluding steroid dienone is 10. The summed E-state index contributed by atoms with van der Waals surface area (Å²) in [6.07, 6.45) is 91.0. The molecule has 1 unspecified atom stereocenters. The first kappa shape index (κ1) is 79.1. The monoisotopic (exact) mass is 1150 g/mol. The summed E-state index contributed by atoms with van der Waals surface area (Å²) >= 11 is 0. The van der Waals surface area contributed by atoms with Crippen molar-refractivity contribution in [3.63, 3.8) is 0 Å². The quantitative estimate of drug-likeness (QED) is 0.0261. The molecule has 478 valence electrons. The molecule has 82 heavy (non-hydrogen) atoms. The molecule has 0 saturated heterocycles. The first-order chi connectivity index (χ1) is 40.5. The Morgan fingerprint density at radius 3 is 0.707 bits per heavy atom. The van der Waals surface area contributed by atoms with Crippen LogP contribution in [0.4, 0.5) is 0 Å². The topological polar surface area (TPSA) is 78.9 Å². The van der Waals surface area contributed by atoms with Gasteiger partial charge in [-0.1, -0.05) is 319 Å². The van der Waals surface area contributed by atoms with E-state index in [4.69, 9.17) is 14.2 Å². The molecule has 0 aromatic carbocycles. The van der Waals surface area contributed by atoms with Crippen LogP contribution >= 0.6 is 0 Å². The van der Waals surface area contributed by atoms with Crippen molar-refractivity contribution < 1.29 is 28.6 Å². The second-order valence-corrected chi connectivity index (χ2v) is 24.5. The predicted molar refractivity (Wildman–Crippen MR) is 358 cm³/mol. The van der Waals surface area contributed by atoms with Crippen LogP contribution in [0.3, 0.4) is 0 Å². The molecule has 0 aromatic heterocycles. The largest absolute Gasteiger partial charge is 0.462 e. The molecule has 0 saturated carbocycles. The van der Waals surface area contributed by atoms with Crippen molar-refractivity contribution in [1.29, 1.82) is 0 Å². The van der Waals surface area contributed by atoms with Gasteiger partial charge in [-0.25, -0.2) is 0 Å². The van der Waals surface area contributed by atoms with Gasteiger partial charge in [-0.2, -0.15) is 0 Å². The summed E-state index contributed by atoms with van der Waals surface area (Å²) in [6.45, 7) is 6.66. The Kier molecular flexibility index (Phi) is 68.1. The molecule has 6 heteroatoms. The zero-order chi connectivity index (χ0) is 59.2. The summed E-state index contributed by atoms with van der Waals surface area (Å²) in [5.74, 6) is -0.858. The van der Waals surface area contributed by atoms with Gasteiger partial charge in [0.25, 0.3) is 0 Å². The highest BCUT2D eigenvalue weighted by Crippen LogP contribution is 2.18. The van der Waals surface area contributed by atoms with Gasteiger partial charge in [-0.05, 0) is 109 Å². The first-order valence-electron chi connectivity index (χ1n) is 36.3. The van der Waals surface area contributed by atoms with Crippen LogP contribution in [0.25, 0.3) is 0 Å². The zero-order valence-electron chi connectivity index (χ0n) is 55.0. The zero-order valence-corrected chi connectivity index (χ0v) is 55.0. The molecule has 0 rings (SSSR count). The number of hydrogen-bond acceptors (Lipinski definition) is 6. The summed E-state index contributed by atoms with van der Waals surface area (Å²) < 4.78 is 17.0. The number of unbranched alkanes of at least 4 members (excludes halogenated alkanes) is 46. The minimum absolute atomic E-state index is 0.0741. The lowest BCUT2D eigenvalue weighted by molar-refractivity contribution is -0.167. The number of esters is 3. The third-order valence-electron chi connectivity index (χ3n) is 16.2. The maximum absolute atomic E-state index is 13.0. The van der Waals surface area contributed by atoms with E-state index in [0.29, 0.717) is 19.3 Å². The minimum Gasteiger partial charge on any atom is -0.462 e. The van der Waals surface area contributed by atoms with Crippen LogP contribution in [0.15, 0.2) is 60.8 Å². The Bertz CT molecular complexity index is 1460. The van der Waals surface area contributed by atoms with E-state index < -0.39 is 6.10 Å². The second-order valence-electron chi connectivity index (χ2n) is 24.5. The van der Waals surface area contributed by atoms with E-state index >= 15 is 0 Å². The summed E-state index contributed by atoms with van der Waals surface area (Å²) in [7, 11) is 0. The molecule has 0 bridgehead atoms. The van der Waals surface area contributed by atoms with Crippen molar-refractivity contribution in [2.75, 3.05) is 13.2 Å². The van der Waals surface area contributed by atoms with Crippen molar-refractivity contribution >= 4 is 17.9 Å². The highest BCUT2D eigenvalue weighted by Gasteiger charge is 2.19. The summed E-state index contributed by atoms with van der Waals surface area (Å²) in [5, 5.41) is 0. The number of carbonyl (C=O) groups is 3. The van der Waals surface area contributed by atoms with E-state index in [1.807, 2.05) is 0 Å². The Hall–Kier alpha value is -2.89.